The summed E-state index contributed by atoms with van der Waals surface area (Å²) in [5.41, 5.74) is 1.73. The lowest BCUT2D eigenvalue weighted by Gasteiger charge is -2.14. The smallest absolute Gasteiger partial charge is 0.265 e. The molecule has 20 heavy (non-hydrogen) atoms. The average molecular weight is 293 g/mol. The van der Waals surface area contributed by atoms with Crippen LogP contribution in [0.3, 0.4) is 0 Å². The Bertz CT molecular complexity index is 589. The third-order valence-corrected chi connectivity index (χ3v) is 3.77. The third kappa shape index (κ3) is 3.04. The SMILES string of the molecule is CCC(NC(=O)c1snnc1C(C)C)c1ncc(C)[nH]1. The van der Waals surface area contributed by atoms with E-state index < -0.39 is 0 Å². The molecule has 2 heterocycles. The number of imidazole rings is 1. The highest BCUT2D eigenvalue weighted by Crippen LogP contribution is 2.21. The number of aryl methyl sites for hydroxylation is 1. The summed E-state index contributed by atoms with van der Waals surface area (Å²) in [5.74, 6) is 0.826. The molecule has 0 spiro atoms. The monoisotopic (exact) mass is 293 g/mol. The Hall–Kier alpha value is -1.76. The molecule has 2 aromatic rings. The first-order valence-electron chi connectivity index (χ1n) is 6.67. The van der Waals surface area contributed by atoms with Crippen molar-refractivity contribution in [1.29, 1.82) is 0 Å². The number of carbonyl (C=O) groups is 1. The van der Waals surface area contributed by atoms with Crippen LogP contribution in [0.15, 0.2) is 6.20 Å². The summed E-state index contributed by atoms with van der Waals surface area (Å²) in [5, 5.41) is 7.02. The van der Waals surface area contributed by atoms with E-state index in [1.807, 2.05) is 27.7 Å². The fourth-order valence-corrected chi connectivity index (χ4v) is 2.65. The molecule has 0 aliphatic rings. The van der Waals surface area contributed by atoms with Gasteiger partial charge in [0.1, 0.15) is 10.7 Å². The van der Waals surface area contributed by atoms with Crippen molar-refractivity contribution in [2.75, 3.05) is 0 Å². The molecule has 0 aliphatic heterocycles. The first-order chi connectivity index (χ1) is 9.52. The van der Waals surface area contributed by atoms with E-state index in [0.29, 0.717) is 4.88 Å². The standard InChI is InChI=1S/C13H19N5OS/c1-5-9(12-14-6-8(4)15-12)16-13(19)11-10(7(2)3)17-18-20-11/h6-7,9H,5H2,1-4H3,(H,14,15)(H,16,19). The number of aromatic amines is 1. The van der Waals surface area contributed by atoms with E-state index in [9.17, 15) is 4.79 Å². The summed E-state index contributed by atoms with van der Waals surface area (Å²) in [7, 11) is 0. The van der Waals surface area contributed by atoms with Gasteiger partial charge in [-0.25, -0.2) is 4.98 Å². The molecule has 2 rings (SSSR count). The van der Waals surface area contributed by atoms with E-state index in [0.717, 1.165) is 35.2 Å². The van der Waals surface area contributed by atoms with Gasteiger partial charge >= 0.3 is 0 Å². The highest BCUT2D eigenvalue weighted by atomic mass is 32.1. The maximum atomic E-state index is 12.4. The number of amides is 1. The summed E-state index contributed by atoms with van der Waals surface area (Å²) in [6.07, 6.45) is 2.53. The highest BCUT2D eigenvalue weighted by Gasteiger charge is 2.22. The Kier molecular flexibility index (Phi) is 4.49. The average Bonchev–Trinajstić information content (AvgIpc) is 3.04. The first kappa shape index (κ1) is 14.6. The summed E-state index contributed by atoms with van der Waals surface area (Å²) in [6, 6.07) is -0.127. The van der Waals surface area contributed by atoms with Crippen molar-refractivity contribution in [3.63, 3.8) is 0 Å². The topological polar surface area (TPSA) is 83.6 Å². The Balaban J connectivity index is 2.15. The third-order valence-electron chi connectivity index (χ3n) is 3.03. The molecule has 7 heteroatoms. The number of carbonyl (C=O) groups excluding carboxylic acids is 1. The van der Waals surface area contributed by atoms with E-state index in [-0.39, 0.29) is 17.9 Å². The van der Waals surface area contributed by atoms with Gasteiger partial charge < -0.3 is 10.3 Å². The van der Waals surface area contributed by atoms with Crippen molar-refractivity contribution in [2.24, 2.45) is 0 Å². The minimum Gasteiger partial charge on any atom is -0.344 e. The van der Waals surface area contributed by atoms with Crippen LogP contribution in [0.5, 0.6) is 0 Å². The van der Waals surface area contributed by atoms with Crippen LogP contribution >= 0.6 is 11.5 Å². The number of H-pyrrole nitrogens is 1. The van der Waals surface area contributed by atoms with Crippen LogP contribution in [0, 0.1) is 6.92 Å². The number of hydrogen-bond acceptors (Lipinski definition) is 5. The Labute approximate surface area is 122 Å². The van der Waals surface area contributed by atoms with E-state index >= 15 is 0 Å². The van der Waals surface area contributed by atoms with Crippen LogP contribution in [-0.4, -0.2) is 25.5 Å². The molecule has 0 saturated heterocycles. The second kappa shape index (κ2) is 6.13. The summed E-state index contributed by atoms with van der Waals surface area (Å²) in [4.78, 5) is 20.4. The molecule has 108 valence electrons. The van der Waals surface area contributed by atoms with Crippen molar-refractivity contribution < 1.29 is 4.79 Å². The minimum absolute atomic E-state index is 0.127. The van der Waals surface area contributed by atoms with Crippen LogP contribution in [0.4, 0.5) is 0 Å². The summed E-state index contributed by atoms with van der Waals surface area (Å²) >= 11 is 1.14. The summed E-state index contributed by atoms with van der Waals surface area (Å²) in [6.45, 7) is 7.95. The first-order valence-corrected chi connectivity index (χ1v) is 7.44. The molecule has 0 bridgehead atoms. The molecule has 1 unspecified atom stereocenters. The van der Waals surface area contributed by atoms with Crippen molar-refractivity contribution >= 4 is 17.4 Å². The fraction of sp³-hybridized carbons (Fsp3) is 0.538. The van der Waals surface area contributed by atoms with E-state index in [1.165, 1.54) is 0 Å². The normalized spacial score (nSPS) is 12.7. The maximum Gasteiger partial charge on any atom is 0.265 e. The van der Waals surface area contributed by atoms with Gasteiger partial charge in [0.05, 0.1) is 11.7 Å². The lowest BCUT2D eigenvalue weighted by Crippen LogP contribution is -2.29. The largest absolute Gasteiger partial charge is 0.344 e. The van der Waals surface area contributed by atoms with Crippen LogP contribution < -0.4 is 5.32 Å². The Morgan fingerprint density at radius 2 is 2.25 bits per heavy atom. The molecule has 1 atom stereocenters. The van der Waals surface area contributed by atoms with Crippen LogP contribution in [0.2, 0.25) is 0 Å². The molecule has 0 aliphatic carbocycles. The van der Waals surface area contributed by atoms with Crippen molar-refractivity contribution in [2.45, 2.75) is 46.1 Å². The molecule has 0 saturated carbocycles. The van der Waals surface area contributed by atoms with Gasteiger partial charge in [-0.15, -0.1) is 5.10 Å². The molecule has 6 nitrogen and oxygen atoms in total. The Morgan fingerprint density at radius 3 is 2.80 bits per heavy atom. The molecular formula is C13H19N5OS. The van der Waals surface area contributed by atoms with Gasteiger partial charge in [0.15, 0.2) is 0 Å². The van der Waals surface area contributed by atoms with Crippen molar-refractivity contribution in [3.05, 3.63) is 28.3 Å². The molecular weight excluding hydrogens is 274 g/mol. The number of nitrogens with one attached hydrogen (secondary N) is 2. The minimum atomic E-state index is -0.135. The van der Waals surface area contributed by atoms with Crippen LogP contribution in [0.1, 0.15) is 66.0 Å². The molecule has 0 radical (unpaired) electrons. The zero-order valence-corrected chi connectivity index (χ0v) is 12.9. The van der Waals surface area contributed by atoms with Crippen molar-refractivity contribution in [1.82, 2.24) is 24.9 Å². The number of nitrogens with zero attached hydrogens (tertiary/aromatic N) is 3. The number of aromatic nitrogens is 4. The zero-order valence-electron chi connectivity index (χ0n) is 12.1. The van der Waals surface area contributed by atoms with Gasteiger partial charge in [-0.1, -0.05) is 25.3 Å². The van der Waals surface area contributed by atoms with Gasteiger partial charge in [-0.05, 0) is 30.8 Å². The Morgan fingerprint density at radius 1 is 1.50 bits per heavy atom. The molecule has 1 amide bonds. The van der Waals surface area contributed by atoms with Crippen molar-refractivity contribution in [3.8, 4) is 0 Å². The maximum absolute atomic E-state index is 12.4. The quantitative estimate of drug-likeness (QED) is 0.887. The van der Waals surface area contributed by atoms with Gasteiger partial charge in [0.25, 0.3) is 5.91 Å². The predicted octanol–water partition coefficient (Wildman–Crippen LogP) is 2.57. The number of rotatable bonds is 5. The lowest BCUT2D eigenvalue weighted by atomic mass is 10.1. The van der Waals surface area contributed by atoms with Gasteiger partial charge in [0.2, 0.25) is 0 Å². The predicted molar refractivity (Wildman–Crippen MR) is 77.8 cm³/mol. The second-order valence-electron chi connectivity index (χ2n) is 5.03. The summed E-state index contributed by atoms with van der Waals surface area (Å²) < 4.78 is 3.88. The molecule has 0 aromatic carbocycles. The second-order valence-corrected chi connectivity index (χ2v) is 5.78. The van der Waals surface area contributed by atoms with Crippen LogP contribution in [0.25, 0.3) is 0 Å². The zero-order chi connectivity index (χ0) is 14.7. The molecule has 0 fully saturated rings. The van der Waals surface area contributed by atoms with Crippen LogP contribution in [-0.2, 0) is 0 Å². The van der Waals surface area contributed by atoms with Gasteiger partial charge in [0, 0.05) is 11.9 Å². The van der Waals surface area contributed by atoms with Gasteiger partial charge in [-0.2, -0.15) is 0 Å². The molecule has 2 aromatic heterocycles. The fourth-order valence-electron chi connectivity index (χ4n) is 1.93. The van der Waals surface area contributed by atoms with Gasteiger partial charge in [-0.3, -0.25) is 4.79 Å². The van der Waals surface area contributed by atoms with E-state index in [1.54, 1.807) is 6.20 Å². The highest BCUT2D eigenvalue weighted by molar-refractivity contribution is 7.08. The molecule has 2 N–H and O–H groups in total. The lowest BCUT2D eigenvalue weighted by molar-refractivity contribution is 0.0936. The van der Waals surface area contributed by atoms with E-state index in [2.05, 4.69) is 24.9 Å². The van der Waals surface area contributed by atoms with E-state index in [4.69, 9.17) is 0 Å². The number of hydrogen-bond donors (Lipinski definition) is 2.